The summed E-state index contributed by atoms with van der Waals surface area (Å²) in [5, 5.41) is 0. The summed E-state index contributed by atoms with van der Waals surface area (Å²) in [6, 6.07) is 10.7. The standard InChI is InChI=1S/C16H28N2/c1-16(2,14-17)11-13-18(3)12-7-10-15-8-5-4-6-9-15/h4-6,8-9H,7,10-14,17H2,1-3H3. The minimum atomic E-state index is 0.272. The van der Waals surface area contributed by atoms with Crippen LogP contribution in [0.3, 0.4) is 0 Å². The average molecular weight is 248 g/mol. The molecular formula is C16H28N2. The fourth-order valence-corrected chi connectivity index (χ4v) is 1.91. The molecule has 0 aliphatic heterocycles. The fourth-order valence-electron chi connectivity index (χ4n) is 1.91. The summed E-state index contributed by atoms with van der Waals surface area (Å²) >= 11 is 0. The number of benzene rings is 1. The molecule has 0 heterocycles. The van der Waals surface area contributed by atoms with E-state index in [-0.39, 0.29) is 5.41 Å². The third-order valence-corrected chi connectivity index (χ3v) is 3.57. The smallest absolute Gasteiger partial charge is 0.00162 e. The number of nitrogens with two attached hydrogens (primary N) is 1. The van der Waals surface area contributed by atoms with E-state index in [1.54, 1.807) is 0 Å². The van der Waals surface area contributed by atoms with Crippen LogP contribution in [0.15, 0.2) is 30.3 Å². The summed E-state index contributed by atoms with van der Waals surface area (Å²) in [6.45, 7) is 7.55. The van der Waals surface area contributed by atoms with Crippen molar-refractivity contribution in [2.75, 3.05) is 26.7 Å². The van der Waals surface area contributed by atoms with E-state index < -0.39 is 0 Å². The van der Waals surface area contributed by atoms with Gasteiger partial charge in [0.15, 0.2) is 0 Å². The Morgan fingerprint density at radius 2 is 1.78 bits per heavy atom. The lowest BCUT2D eigenvalue weighted by Crippen LogP contribution is -2.30. The number of hydrogen-bond donors (Lipinski definition) is 1. The van der Waals surface area contributed by atoms with Crippen molar-refractivity contribution in [1.29, 1.82) is 0 Å². The number of nitrogens with zero attached hydrogens (tertiary/aromatic N) is 1. The van der Waals surface area contributed by atoms with E-state index in [2.05, 4.69) is 56.1 Å². The SMILES string of the molecule is CN(CCCc1ccccc1)CCC(C)(C)CN. The predicted molar refractivity (Wildman–Crippen MR) is 79.7 cm³/mol. The Balaban J connectivity index is 2.16. The molecule has 18 heavy (non-hydrogen) atoms. The highest BCUT2D eigenvalue weighted by Gasteiger charge is 2.15. The van der Waals surface area contributed by atoms with Crippen molar-refractivity contribution in [2.45, 2.75) is 33.1 Å². The molecule has 0 radical (unpaired) electrons. The normalized spacial score (nSPS) is 12.1. The molecule has 0 amide bonds. The Labute approximate surface area is 112 Å². The van der Waals surface area contributed by atoms with Gasteiger partial charge >= 0.3 is 0 Å². The summed E-state index contributed by atoms with van der Waals surface area (Å²) in [5.41, 5.74) is 7.46. The molecule has 0 atom stereocenters. The number of aryl methyl sites for hydroxylation is 1. The Kier molecular flexibility index (Phi) is 6.37. The van der Waals surface area contributed by atoms with Crippen molar-refractivity contribution in [2.24, 2.45) is 11.1 Å². The molecule has 0 bridgehead atoms. The van der Waals surface area contributed by atoms with Crippen LogP contribution in [-0.4, -0.2) is 31.6 Å². The summed E-state index contributed by atoms with van der Waals surface area (Å²) in [4.78, 5) is 2.42. The molecule has 0 fully saturated rings. The predicted octanol–water partition coefficient (Wildman–Crippen LogP) is 2.93. The zero-order valence-electron chi connectivity index (χ0n) is 12.2. The molecule has 0 spiro atoms. The van der Waals surface area contributed by atoms with E-state index >= 15 is 0 Å². The van der Waals surface area contributed by atoms with Crippen LogP contribution in [-0.2, 0) is 6.42 Å². The summed E-state index contributed by atoms with van der Waals surface area (Å²) in [6.07, 6.45) is 3.57. The average Bonchev–Trinajstić information content (AvgIpc) is 2.38. The van der Waals surface area contributed by atoms with Gasteiger partial charge in [-0.05, 0) is 56.9 Å². The second-order valence-electron chi connectivity index (χ2n) is 6.01. The largest absolute Gasteiger partial charge is 0.330 e. The number of rotatable bonds is 8. The van der Waals surface area contributed by atoms with Crippen molar-refractivity contribution in [3.8, 4) is 0 Å². The molecule has 2 heteroatoms. The first kappa shape index (κ1) is 15.2. The summed E-state index contributed by atoms with van der Waals surface area (Å²) in [5.74, 6) is 0. The highest BCUT2D eigenvalue weighted by atomic mass is 15.1. The van der Waals surface area contributed by atoms with E-state index in [4.69, 9.17) is 5.73 Å². The first-order valence-electron chi connectivity index (χ1n) is 6.96. The van der Waals surface area contributed by atoms with E-state index in [9.17, 15) is 0 Å². The van der Waals surface area contributed by atoms with E-state index in [1.165, 1.54) is 24.8 Å². The van der Waals surface area contributed by atoms with Gasteiger partial charge in [-0.1, -0.05) is 44.2 Å². The first-order valence-corrected chi connectivity index (χ1v) is 6.96. The second kappa shape index (κ2) is 7.55. The third kappa shape index (κ3) is 6.18. The van der Waals surface area contributed by atoms with Gasteiger partial charge in [0.25, 0.3) is 0 Å². The molecule has 2 nitrogen and oxygen atoms in total. The van der Waals surface area contributed by atoms with Crippen LogP contribution in [0.1, 0.15) is 32.3 Å². The van der Waals surface area contributed by atoms with Crippen LogP contribution >= 0.6 is 0 Å². The van der Waals surface area contributed by atoms with Crippen molar-refractivity contribution in [3.05, 3.63) is 35.9 Å². The second-order valence-corrected chi connectivity index (χ2v) is 6.01. The van der Waals surface area contributed by atoms with Crippen molar-refractivity contribution < 1.29 is 0 Å². The molecule has 0 saturated heterocycles. The zero-order valence-corrected chi connectivity index (χ0v) is 12.2. The summed E-state index contributed by atoms with van der Waals surface area (Å²) < 4.78 is 0. The van der Waals surface area contributed by atoms with Crippen LogP contribution in [0.2, 0.25) is 0 Å². The maximum absolute atomic E-state index is 5.75. The van der Waals surface area contributed by atoms with E-state index in [0.717, 1.165) is 19.6 Å². The molecule has 1 rings (SSSR count). The van der Waals surface area contributed by atoms with Crippen LogP contribution < -0.4 is 5.73 Å². The lowest BCUT2D eigenvalue weighted by Gasteiger charge is -2.26. The molecule has 1 aromatic carbocycles. The van der Waals surface area contributed by atoms with Crippen LogP contribution in [0.5, 0.6) is 0 Å². The molecule has 0 aliphatic rings. The Morgan fingerprint density at radius 1 is 1.11 bits per heavy atom. The monoisotopic (exact) mass is 248 g/mol. The highest BCUT2D eigenvalue weighted by molar-refractivity contribution is 5.14. The lowest BCUT2D eigenvalue weighted by atomic mass is 9.89. The quantitative estimate of drug-likeness (QED) is 0.766. The minimum absolute atomic E-state index is 0.272. The van der Waals surface area contributed by atoms with Crippen molar-refractivity contribution in [1.82, 2.24) is 4.90 Å². The zero-order chi connectivity index (χ0) is 13.4. The Hall–Kier alpha value is -0.860. The Bertz CT molecular complexity index is 319. The van der Waals surface area contributed by atoms with Gasteiger partial charge in [0.2, 0.25) is 0 Å². The van der Waals surface area contributed by atoms with Crippen molar-refractivity contribution >= 4 is 0 Å². The topological polar surface area (TPSA) is 29.3 Å². The van der Waals surface area contributed by atoms with Gasteiger partial charge in [-0.2, -0.15) is 0 Å². The Morgan fingerprint density at radius 3 is 2.39 bits per heavy atom. The van der Waals surface area contributed by atoms with Gasteiger partial charge in [-0.25, -0.2) is 0 Å². The van der Waals surface area contributed by atoms with Gasteiger partial charge in [0.05, 0.1) is 0 Å². The molecule has 0 saturated carbocycles. The van der Waals surface area contributed by atoms with Crippen LogP contribution in [0.4, 0.5) is 0 Å². The van der Waals surface area contributed by atoms with Gasteiger partial charge in [-0.15, -0.1) is 0 Å². The lowest BCUT2D eigenvalue weighted by molar-refractivity contribution is 0.252. The molecular weight excluding hydrogens is 220 g/mol. The van der Waals surface area contributed by atoms with E-state index in [1.807, 2.05) is 0 Å². The molecule has 0 aromatic heterocycles. The molecule has 2 N–H and O–H groups in total. The van der Waals surface area contributed by atoms with Gasteiger partial charge in [0.1, 0.15) is 0 Å². The first-order chi connectivity index (χ1) is 8.53. The highest BCUT2D eigenvalue weighted by Crippen LogP contribution is 2.18. The third-order valence-electron chi connectivity index (χ3n) is 3.57. The maximum atomic E-state index is 5.75. The van der Waals surface area contributed by atoms with E-state index in [0.29, 0.717) is 0 Å². The van der Waals surface area contributed by atoms with Gasteiger partial charge in [0, 0.05) is 0 Å². The van der Waals surface area contributed by atoms with Crippen LogP contribution in [0.25, 0.3) is 0 Å². The fraction of sp³-hybridized carbons (Fsp3) is 0.625. The molecule has 1 aromatic rings. The maximum Gasteiger partial charge on any atom is -0.00162 e. The van der Waals surface area contributed by atoms with Crippen molar-refractivity contribution in [3.63, 3.8) is 0 Å². The molecule has 0 aliphatic carbocycles. The minimum Gasteiger partial charge on any atom is -0.330 e. The summed E-state index contributed by atoms with van der Waals surface area (Å²) in [7, 11) is 2.21. The van der Waals surface area contributed by atoms with Gasteiger partial charge in [-0.3, -0.25) is 0 Å². The molecule has 102 valence electrons. The molecule has 0 unspecified atom stereocenters. The van der Waals surface area contributed by atoms with Crippen LogP contribution in [0, 0.1) is 5.41 Å². The number of hydrogen-bond acceptors (Lipinski definition) is 2. The van der Waals surface area contributed by atoms with Gasteiger partial charge < -0.3 is 10.6 Å².